The molecule has 1 aliphatic rings. The van der Waals surface area contributed by atoms with Crippen molar-refractivity contribution in [3.8, 4) is 5.75 Å². The number of nitrogens with one attached hydrogen (secondary N) is 1. The zero-order chi connectivity index (χ0) is 20.8. The average molecular weight is 392 g/mol. The minimum absolute atomic E-state index is 0.122. The average Bonchev–Trinajstić information content (AvgIpc) is 3.28. The summed E-state index contributed by atoms with van der Waals surface area (Å²) < 4.78 is 5.25. The number of ether oxygens (including phenoxy) is 1. The van der Waals surface area contributed by atoms with Crippen LogP contribution in [-0.2, 0) is 11.2 Å². The van der Waals surface area contributed by atoms with Crippen LogP contribution in [0.4, 0.5) is 0 Å². The van der Waals surface area contributed by atoms with Gasteiger partial charge in [-0.3, -0.25) is 4.79 Å². The van der Waals surface area contributed by atoms with Crippen LogP contribution in [0.3, 0.4) is 0 Å². The highest BCUT2D eigenvalue weighted by molar-refractivity contribution is 6.12. The summed E-state index contributed by atoms with van der Waals surface area (Å²) in [7, 11) is 1.66. The van der Waals surface area contributed by atoms with E-state index in [0.717, 1.165) is 58.9 Å². The third kappa shape index (κ3) is 5.25. The second-order valence-electron chi connectivity index (χ2n) is 7.31. The van der Waals surface area contributed by atoms with Crippen LogP contribution < -0.4 is 4.74 Å². The Labute approximate surface area is 171 Å². The van der Waals surface area contributed by atoms with Gasteiger partial charge in [-0.25, -0.2) is 4.99 Å². The number of aromatic amines is 1. The van der Waals surface area contributed by atoms with Gasteiger partial charge in [0.15, 0.2) is 0 Å². The second kappa shape index (κ2) is 9.41. The predicted molar refractivity (Wildman–Crippen MR) is 117 cm³/mol. The van der Waals surface area contributed by atoms with Crippen molar-refractivity contribution in [2.45, 2.75) is 46.0 Å². The van der Waals surface area contributed by atoms with Crippen LogP contribution in [0.5, 0.6) is 5.75 Å². The number of carboxylic acids is 1. The Bertz CT molecular complexity index is 963. The summed E-state index contributed by atoms with van der Waals surface area (Å²) in [6.07, 6.45) is 8.10. The zero-order valence-corrected chi connectivity index (χ0v) is 17.3. The number of H-pyrrole nitrogens is 1. The number of aryl methyl sites for hydroxylation is 2. The second-order valence-corrected chi connectivity index (χ2v) is 7.31. The lowest BCUT2D eigenvalue weighted by atomic mass is 10.0. The van der Waals surface area contributed by atoms with E-state index in [1.54, 1.807) is 7.11 Å². The van der Waals surface area contributed by atoms with Gasteiger partial charge in [-0.2, -0.15) is 0 Å². The molecule has 0 saturated carbocycles. The number of hydrogen-bond donors (Lipinski definition) is 2. The van der Waals surface area contributed by atoms with Gasteiger partial charge in [0.05, 0.1) is 24.9 Å². The Balaban J connectivity index is 1.89. The molecule has 1 aliphatic heterocycles. The van der Waals surface area contributed by atoms with E-state index in [1.807, 2.05) is 37.3 Å². The number of aliphatic imine (C=N–C) groups is 1. The highest BCUT2D eigenvalue weighted by Crippen LogP contribution is 2.29. The first-order valence-electron chi connectivity index (χ1n) is 10.1. The maximum atomic E-state index is 10.8. The highest BCUT2D eigenvalue weighted by Gasteiger charge is 2.16. The summed E-state index contributed by atoms with van der Waals surface area (Å²) in [5.74, 6) is 0.0423. The molecule has 2 heterocycles. The first-order valence-corrected chi connectivity index (χ1v) is 10.1. The molecular formula is C24H28N2O3. The molecule has 2 aromatic rings. The fourth-order valence-corrected chi connectivity index (χ4v) is 3.38. The Morgan fingerprint density at radius 3 is 2.66 bits per heavy atom. The maximum Gasteiger partial charge on any atom is 0.303 e. The minimum atomic E-state index is -0.786. The van der Waals surface area contributed by atoms with Gasteiger partial charge in [0.25, 0.3) is 0 Å². The van der Waals surface area contributed by atoms with Crippen molar-refractivity contribution in [2.24, 2.45) is 4.99 Å². The Morgan fingerprint density at radius 1 is 1.24 bits per heavy atom. The van der Waals surface area contributed by atoms with Gasteiger partial charge in [-0.05, 0) is 79.8 Å². The molecule has 0 bridgehead atoms. The molecule has 1 aromatic carbocycles. The van der Waals surface area contributed by atoms with E-state index in [4.69, 9.17) is 14.8 Å². The molecule has 0 amide bonds. The van der Waals surface area contributed by atoms with E-state index in [0.29, 0.717) is 6.42 Å². The number of aliphatic carboxylic acids is 1. The number of hydrogen-bond acceptors (Lipinski definition) is 3. The molecule has 5 nitrogen and oxygen atoms in total. The van der Waals surface area contributed by atoms with Crippen LogP contribution in [0.2, 0.25) is 0 Å². The molecule has 0 spiro atoms. The van der Waals surface area contributed by atoms with Crippen LogP contribution in [0.25, 0.3) is 6.08 Å². The van der Waals surface area contributed by atoms with Crippen molar-refractivity contribution in [1.82, 2.24) is 4.98 Å². The maximum absolute atomic E-state index is 10.8. The van der Waals surface area contributed by atoms with E-state index in [-0.39, 0.29) is 6.42 Å². The number of carbonyl (C=O) groups is 1. The van der Waals surface area contributed by atoms with Gasteiger partial charge >= 0.3 is 5.97 Å². The summed E-state index contributed by atoms with van der Waals surface area (Å²) in [5, 5.41) is 8.91. The number of benzene rings is 1. The molecular weight excluding hydrogens is 364 g/mol. The van der Waals surface area contributed by atoms with Crippen molar-refractivity contribution in [3.05, 3.63) is 70.2 Å². The predicted octanol–water partition coefficient (Wildman–Crippen LogP) is 5.31. The van der Waals surface area contributed by atoms with Crippen molar-refractivity contribution < 1.29 is 14.6 Å². The van der Waals surface area contributed by atoms with E-state index >= 15 is 0 Å². The monoisotopic (exact) mass is 392 g/mol. The Kier molecular flexibility index (Phi) is 6.70. The van der Waals surface area contributed by atoms with Crippen molar-refractivity contribution in [1.29, 1.82) is 0 Å². The van der Waals surface area contributed by atoms with Crippen molar-refractivity contribution in [2.75, 3.05) is 7.11 Å². The van der Waals surface area contributed by atoms with Crippen LogP contribution >= 0.6 is 0 Å². The lowest BCUT2D eigenvalue weighted by Gasteiger charge is -2.03. The van der Waals surface area contributed by atoms with Crippen LogP contribution in [0, 0.1) is 6.92 Å². The molecule has 152 valence electrons. The summed E-state index contributed by atoms with van der Waals surface area (Å²) in [5.41, 5.74) is 7.25. The molecule has 0 saturated heterocycles. The van der Waals surface area contributed by atoms with Gasteiger partial charge in [-0.1, -0.05) is 13.3 Å². The highest BCUT2D eigenvalue weighted by atomic mass is 16.5. The van der Waals surface area contributed by atoms with Crippen molar-refractivity contribution >= 4 is 17.8 Å². The lowest BCUT2D eigenvalue weighted by Crippen LogP contribution is -1.97. The van der Waals surface area contributed by atoms with E-state index in [9.17, 15) is 4.79 Å². The Hall–Kier alpha value is -3.08. The molecule has 0 radical (unpaired) electrons. The molecule has 2 N–H and O–H groups in total. The summed E-state index contributed by atoms with van der Waals surface area (Å²) in [6.45, 7) is 4.22. The fraction of sp³-hybridized carbons (Fsp3) is 0.333. The number of carboxylic acid groups (broad SMARTS) is 1. The number of unbranched alkanes of at least 4 members (excludes halogenated alkanes) is 1. The topological polar surface area (TPSA) is 74.7 Å². The number of aromatic nitrogens is 1. The third-order valence-electron chi connectivity index (χ3n) is 5.07. The lowest BCUT2D eigenvalue weighted by molar-refractivity contribution is -0.136. The van der Waals surface area contributed by atoms with Gasteiger partial charge in [0.1, 0.15) is 5.75 Å². The molecule has 0 atom stereocenters. The SMILES string of the molecule is CCCCC1=CC(c2ccc(OC)cc2)=NC1=Cc1[nH]c(CCC(=O)O)cc1C. The van der Waals surface area contributed by atoms with Crippen LogP contribution in [0.1, 0.15) is 55.1 Å². The van der Waals surface area contributed by atoms with Gasteiger partial charge in [0, 0.05) is 17.0 Å². The van der Waals surface area contributed by atoms with Crippen LogP contribution in [0.15, 0.2) is 52.7 Å². The van der Waals surface area contributed by atoms with E-state index < -0.39 is 5.97 Å². The standard InChI is InChI=1S/C24H28N2O3/c1-4-5-6-18-14-22(17-7-10-20(29-3)11-8-17)26-23(18)15-21-16(2)13-19(25-21)9-12-24(27)28/h7-8,10-11,13-15,25H,4-6,9,12H2,1-3H3,(H,27,28). The van der Waals surface area contributed by atoms with Gasteiger partial charge in [0.2, 0.25) is 0 Å². The third-order valence-corrected chi connectivity index (χ3v) is 5.07. The van der Waals surface area contributed by atoms with Crippen molar-refractivity contribution in [3.63, 3.8) is 0 Å². The fourth-order valence-electron chi connectivity index (χ4n) is 3.38. The van der Waals surface area contributed by atoms with Crippen LogP contribution in [-0.4, -0.2) is 28.9 Å². The molecule has 3 rings (SSSR count). The number of rotatable bonds is 9. The molecule has 1 aromatic heterocycles. The van der Waals surface area contributed by atoms with Gasteiger partial charge in [-0.15, -0.1) is 0 Å². The summed E-state index contributed by atoms with van der Waals surface area (Å²) >= 11 is 0. The molecule has 5 heteroatoms. The largest absolute Gasteiger partial charge is 0.497 e. The molecule has 0 unspecified atom stereocenters. The minimum Gasteiger partial charge on any atom is -0.497 e. The van der Waals surface area contributed by atoms with E-state index in [2.05, 4.69) is 24.1 Å². The zero-order valence-electron chi connectivity index (χ0n) is 17.3. The number of nitrogens with zero attached hydrogens (tertiary/aromatic N) is 1. The number of methoxy groups -OCH3 is 1. The molecule has 0 fully saturated rings. The van der Waals surface area contributed by atoms with E-state index in [1.165, 1.54) is 5.57 Å². The number of allylic oxidation sites excluding steroid dienone is 2. The smallest absolute Gasteiger partial charge is 0.303 e. The quantitative estimate of drug-likeness (QED) is 0.607. The summed E-state index contributed by atoms with van der Waals surface area (Å²) in [4.78, 5) is 19.1. The normalized spacial score (nSPS) is 14.8. The Morgan fingerprint density at radius 2 is 2.00 bits per heavy atom. The summed E-state index contributed by atoms with van der Waals surface area (Å²) in [6, 6.07) is 9.97. The first-order chi connectivity index (χ1) is 14.0. The molecule has 29 heavy (non-hydrogen) atoms. The first kappa shape index (κ1) is 20.6. The molecule has 0 aliphatic carbocycles. The van der Waals surface area contributed by atoms with Gasteiger partial charge < -0.3 is 14.8 Å².